The lowest BCUT2D eigenvalue weighted by Gasteiger charge is -2.09. The third kappa shape index (κ3) is 4.54. The molecular formula is C26H28N2O2. The first kappa shape index (κ1) is 20.1. The van der Waals surface area contributed by atoms with Gasteiger partial charge in [0.1, 0.15) is 16.8 Å². The van der Waals surface area contributed by atoms with Crippen molar-refractivity contribution in [2.75, 3.05) is 6.61 Å². The Labute approximate surface area is 177 Å². The van der Waals surface area contributed by atoms with Gasteiger partial charge in [-0.2, -0.15) is 0 Å². The van der Waals surface area contributed by atoms with E-state index in [-0.39, 0.29) is 0 Å². The highest BCUT2D eigenvalue weighted by atomic mass is 16.6. The molecule has 0 saturated heterocycles. The summed E-state index contributed by atoms with van der Waals surface area (Å²) in [4.78, 5) is 0. The van der Waals surface area contributed by atoms with Crippen molar-refractivity contribution >= 4 is 11.0 Å². The van der Waals surface area contributed by atoms with E-state index in [2.05, 4.69) is 72.7 Å². The van der Waals surface area contributed by atoms with Crippen LogP contribution in [0.3, 0.4) is 0 Å². The third-order valence-corrected chi connectivity index (χ3v) is 5.46. The first-order valence-corrected chi connectivity index (χ1v) is 10.8. The molecule has 0 aliphatic heterocycles. The summed E-state index contributed by atoms with van der Waals surface area (Å²) >= 11 is 0. The smallest absolute Gasteiger partial charge is 0.143 e. The quantitative estimate of drug-likeness (QED) is 0.278. The van der Waals surface area contributed by atoms with Gasteiger partial charge in [0.2, 0.25) is 0 Å². The van der Waals surface area contributed by atoms with Crippen LogP contribution in [0.15, 0.2) is 65.3 Å². The fourth-order valence-electron chi connectivity index (χ4n) is 3.69. The second-order valence-corrected chi connectivity index (χ2v) is 7.78. The van der Waals surface area contributed by atoms with Gasteiger partial charge in [-0.15, -0.1) is 0 Å². The van der Waals surface area contributed by atoms with E-state index in [1.165, 1.54) is 31.2 Å². The SMILES string of the molecule is CCCCCCCOc1ccc(-c2ccc(-c3ccc(C)cc3)c3nonc23)cc1. The van der Waals surface area contributed by atoms with E-state index in [4.69, 9.17) is 9.37 Å². The molecule has 0 N–H and O–H groups in total. The highest BCUT2D eigenvalue weighted by Crippen LogP contribution is 2.34. The van der Waals surface area contributed by atoms with Crippen molar-refractivity contribution in [2.45, 2.75) is 46.0 Å². The first-order valence-electron chi connectivity index (χ1n) is 10.8. The number of fused-ring (bicyclic) bond motifs is 1. The van der Waals surface area contributed by atoms with Crippen LogP contribution in [0.1, 0.15) is 44.6 Å². The monoisotopic (exact) mass is 400 g/mol. The van der Waals surface area contributed by atoms with Gasteiger partial charge in [-0.1, -0.05) is 86.7 Å². The van der Waals surface area contributed by atoms with Gasteiger partial charge >= 0.3 is 0 Å². The average Bonchev–Trinajstić information content (AvgIpc) is 3.27. The molecule has 0 amide bonds. The molecule has 0 spiro atoms. The lowest BCUT2D eigenvalue weighted by Crippen LogP contribution is -1.97. The number of aryl methyl sites for hydroxylation is 1. The van der Waals surface area contributed by atoms with Crippen LogP contribution in [0.2, 0.25) is 0 Å². The van der Waals surface area contributed by atoms with E-state index in [1.807, 2.05) is 12.1 Å². The molecule has 154 valence electrons. The highest BCUT2D eigenvalue weighted by molar-refractivity contribution is 6.00. The minimum absolute atomic E-state index is 0.770. The predicted octanol–water partition coefficient (Wildman–Crippen LogP) is 7.21. The molecule has 4 aromatic rings. The molecule has 0 aliphatic rings. The lowest BCUT2D eigenvalue weighted by atomic mass is 9.97. The van der Waals surface area contributed by atoms with E-state index in [0.717, 1.165) is 52.1 Å². The van der Waals surface area contributed by atoms with Crippen LogP contribution < -0.4 is 4.74 Å². The second-order valence-electron chi connectivity index (χ2n) is 7.78. The summed E-state index contributed by atoms with van der Waals surface area (Å²) in [6.45, 7) is 5.09. The predicted molar refractivity (Wildman–Crippen MR) is 122 cm³/mol. The van der Waals surface area contributed by atoms with Crippen molar-refractivity contribution in [3.8, 4) is 28.0 Å². The van der Waals surface area contributed by atoms with E-state index in [9.17, 15) is 0 Å². The Morgan fingerprint density at radius 2 is 1.27 bits per heavy atom. The Kier molecular flexibility index (Phi) is 6.43. The van der Waals surface area contributed by atoms with Gasteiger partial charge in [0.05, 0.1) is 6.61 Å². The number of unbranched alkanes of at least 4 members (excludes halogenated alkanes) is 4. The Morgan fingerprint density at radius 3 is 1.87 bits per heavy atom. The molecule has 4 nitrogen and oxygen atoms in total. The van der Waals surface area contributed by atoms with Crippen molar-refractivity contribution in [3.05, 3.63) is 66.2 Å². The highest BCUT2D eigenvalue weighted by Gasteiger charge is 2.14. The molecule has 0 atom stereocenters. The molecule has 0 aliphatic carbocycles. The maximum atomic E-state index is 5.89. The standard InChI is InChI=1S/C26H28N2O2/c1-3-4-5-6-7-18-29-22-14-12-21(13-15-22)24-17-16-23(25-26(24)28-30-27-25)20-10-8-19(2)9-11-20/h8-17H,3-7,18H2,1-2H3. The number of hydrogen-bond donors (Lipinski definition) is 0. The molecule has 0 unspecified atom stereocenters. The Balaban J connectivity index is 1.50. The van der Waals surface area contributed by atoms with E-state index in [0.29, 0.717) is 0 Å². The summed E-state index contributed by atoms with van der Waals surface area (Å²) in [5, 5.41) is 8.37. The summed E-state index contributed by atoms with van der Waals surface area (Å²) in [6.07, 6.45) is 6.20. The van der Waals surface area contributed by atoms with E-state index >= 15 is 0 Å². The minimum Gasteiger partial charge on any atom is -0.494 e. The Hall–Kier alpha value is -3.14. The zero-order valence-corrected chi connectivity index (χ0v) is 17.7. The van der Waals surface area contributed by atoms with Crippen molar-refractivity contribution in [3.63, 3.8) is 0 Å². The van der Waals surface area contributed by atoms with Crippen LogP contribution in [0.5, 0.6) is 5.75 Å². The third-order valence-electron chi connectivity index (χ3n) is 5.46. The zero-order chi connectivity index (χ0) is 20.8. The number of rotatable bonds is 9. The van der Waals surface area contributed by atoms with Crippen molar-refractivity contribution < 1.29 is 9.37 Å². The number of nitrogens with zero attached hydrogens (tertiary/aromatic N) is 2. The second kappa shape index (κ2) is 9.57. The molecule has 0 bridgehead atoms. The van der Waals surface area contributed by atoms with Crippen LogP contribution in [-0.4, -0.2) is 16.9 Å². The maximum Gasteiger partial charge on any atom is 0.143 e. The van der Waals surface area contributed by atoms with E-state index in [1.54, 1.807) is 0 Å². The summed E-state index contributed by atoms with van der Waals surface area (Å²) < 4.78 is 11.0. The summed E-state index contributed by atoms with van der Waals surface area (Å²) in [5.74, 6) is 0.903. The molecule has 4 rings (SSSR count). The molecule has 0 fully saturated rings. The van der Waals surface area contributed by atoms with Crippen LogP contribution in [0.4, 0.5) is 0 Å². The average molecular weight is 401 g/mol. The van der Waals surface area contributed by atoms with Gasteiger partial charge < -0.3 is 4.74 Å². The van der Waals surface area contributed by atoms with Crippen molar-refractivity contribution in [1.29, 1.82) is 0 Å². The Bertz CT molecular complexity index is 1080. The van der Waals surface area contributed by atoms with Crippen LogP contribution in [0, 0.1) is 6.92 Å². The van der Waals surface area contributed by atoms with Crippen LogP contribution in [0.25, 0.3) is 33.3 Å². The van der Waals surface area contributed by atoms with Crippen LogP contribution in [-0.2, 0) is 0 Å². The van der Waals surface area contributed by atoms with Gasteiger partial charge in [-0.05, 0) is 46.9 Å². The fraction of sp³-hybridized carbons (Fsp3) is 0.308. The zero-order valence-electron chi connectivity index (χ0n) is 17.7. The summed E-state index contributed by atoms with van der Waals surface area (Å²) in [5.41, 5.74) is 7.00. The number of hydrogen-bond acceptors (Lipinski definition) is 4. The van der Waals surface area contributed by atoms with Gasteiger partial charge in [0.25, 0.3) is 0 Å². The van der Waals surface area contributed by atoms with Gasteiger partial charge in [-0.25, -0.2) is 4.63 Å². The maximum absolute atomic E-state index is 5.89. The molecular weight excluding hydrogens is 372 g/mol. The molecule has 0 saturated carbocycles. The van der Waals surface area contributed by atoms with Gasteiger partial charge in [0.15, 0.2) is 0 Å². The molecule has 3 aromatic carbocycles. The van der Waals surface area contributed by atoms with Gasteiger partial charge in [-0.3, -0.25) is 0 Å². The lowest BCUT2D eigenvalue weighted by molar-refractivity contribution is 0.304. The molecule has 1 aromatic heterocycles. The normalized spacial score (nSPS) is 11.1. The van der Waals surface area contributed by atoms with Crippen molar-refractivity contribution in [2.24, 2.45) is 0 Å². The summed E-state index contributed by atoms with van der Waals surface area (Å²) in [6, 6.07) is 20.8. The largest absolute Gasteiger partial charge is 0.494 e. The summed E-state index contributed by atoms with van der Waals surface area (Å²) in [7, 11) is 0. The van der Waals surface area contributed by atoms with Gasteiger partial charge in [0, 0.05) is 11.1 Å². The molecule has 1 heterocycles. The minimum atomic E-state index is 0.770. The van der Waals surface area contributed by atoms with E-state index < -0.39 is 0 Å². The molecule has 4 heteroatoms. The van der Waals surface area contributed by atoms with Crippen LogP contribution >= 0.6 is 0 Å². The fourth-order valence-corrected chi connectivity index (χ4v) is 3.69. The molecule has 0 radical (unpaired) electrons. The first-order chi connectivity index (χ1) is 14.8. The number of ether oxygens (including phenoxy) is 1. The topological polar surface area (TPSA) is 48.2 Å². The number of benzene rings is 3. The van der Waals surface area contributed by atoms with Crippen molar-refractivity contribution in [1.82, 2.24) is 10.3 Å². The molecule has 30 heavy (non-hydrogen) atoms. The Morgan fingerprint density at radius 1 is 0.700 bits per heavy atom. The number of aromatic nitrogens is 2.